The van der Waals surface area contributed by atoms with E-state index in [0.29, 0.717) is 11.2 Å². The van der Waals surface area contributed by atoms with Crippen LogP contribution in [0.1, 0.15) is 24.8 Å². The molecule has 80 valence electrons. The van der Waals surface area contributed by atoms with Crippen LogP contribution in [0.15, 0.2) is 18.5 Å². The summed E-state index contributed by atoms with van der Waals surface area (Å²) in [5, 5.41) is 3.93. The third-order valence-electron chi connectivity index (χ3n) is 2.63. The van der Waals surface area contributed by atoms with Gasteiger partial charge in [0.2, 0.25) is 0 Å². The second kappa shape index (κ2) is 4.62. The zero-order valence-electron chi connectivity index (χ0n) is 8.70. The molecule has 1 atom stereocenters. The van der Waals surface area contributed by atoms with E-state index in [-0.39, 0.29) is 0 Å². The van der Waals surface area contributed by atoms with E-state index in [1.807, 2.05) is 6.92 Å². The largest absolute Gasteiger partial charge is 0.367 e. The molecule has 2 rings (SSSR count). The molecule has 1 heterocycles. The first kappa shape index (κ1) is 10.4. The van der Waals surface area contributed by atoms with Crippen molar-refractivity contribution in [3.63, 3.8) is 0 Å². The molecule has 0 radical (unpaired) electrons. The molecular weight excluding hydrogens is 210 g/mol. The lowest BCUT2D eigenvalue weighted by Gasteiger charge is -2.20. The van der Waals surface area contributed by atoms with E-state index < -0.39 is 0 Å². The molecule has 1 aliphatic rings. The summed E-state index contributed by atoms with van der Waals surface area (Å²) in [5.41, 5.74) is 0.925. The lowest BCUT2D eigenvalue weighted by molar-refractivity contribution is 0.641. The Morgan fingerprint density at radius 3 is 3.00 bits per heavy atom. The van der Waals surface area contributed by atoms with Crippen LogP contribution in [0.5, 0.6) is 0 Å². The SMILES string of the molecule is Cc1c(Cl)ncnc1NC1CC=CCC1. The molecule has 0 bridgehead atoms. The van der Waals surface area contributed by atoms with Crippen LogP contribution >= 0.6 is 11.6 Å². The quantitative estimate of drug-likeness (QED) is 0.619. The summed E-state index contributed by atoms with van der Waals surface area (Å²) in [6.07, 6.45) is 9.27. The molecule has 15 heavy (non-hydrogen) atoms. The highest BCUT2D eigenvalue weighted by atomic mass is 35.5. The fourth-order valence-electron chi connectivity index (χ4n) is 1.69. The fourth-order valence-corrected chi connectivity index (χ4v) is 1.83. The van der Waals surface area contributed by atoms with Gasteiger partial charge in [0.1, 0.15) is 17.3 Å². The molecule has 3 nitrogen and oxygen atoms in total. The van der Waals surface area contributed by atoms with Gasteiger partial charge in [0.15, 0.2) is 0 Å². The van der Waals surface area contributed by atoms with Crippen LogP contribution in [0.4, 0.5) is 5.82 Å². The summed E-state index contributed by atoms with van der Waals surface area (Å²) in [4.78, 5) is 8.14. The van der Waals surface area contributed by atoms with E-state index >= 15 is 0 Å². The normalized spacial score (nSPS) is 20.3. The van der Waals surface area contributed by atoms with Crippen LogP contribution in [0, 0.1) is 6.92 Å². The molecule has 0 aromatic carbocycles. The van der Waals surface area contributed by atoms with Gasteiger partial charge in [0.05, 0.1) is 0 Å². The summed E-state index contributed by atoms with van der Waals surface area (Å²) in [7, 11) is 0. The molecule has 0 spiro atoms. The molecule has 1 aromatic heterocycles. The van der Waals surface area contributed by atoms with Gasteiger partial charge in [-0.1, -0.05) is 23.8 Å². The topological polar surface area (TPSA) is 37.8 Å². The molecule has 1 N–H and O–H groups in total. The van der Waals surface area contributed by atoms with Crippen LogP contribution in [0.2, 0.25) is 5.15 Å². The fraction of sp³-hybridized carbons (Fsp3) is 0.455. The number of halogens is 1. The molecular formula is C11H14ClN3. The van der Waals surface area contributed by atoms with E-state index in [2.05, 4.69) is 27.4 Å². The van der Waals surface area contributed by atoms with Gasteiger partial charge >= 0.3 is 0 Å². The second-order valence-electron chi connectivity index (χ2n) is 3.76. The van der Waals surface area contributed by atoms with E-state index in [1.54, 1.807) is 0 Å². The maximum Gasteiger partial charge on any atom is 0.137 e. The predicted octanol–water partition coefficient (Wildman–Crippen LogP) is 2.96. The number of allylic oxidation sites excluding steroid dienone is 1. The van der Waals surface area contributed by atoms with E-state index in [0.717, 1.165) is 30.6 Å². The third-order valence-corrected chi connectivity index (χ3v) is 3.01. The highest BCUT2D eigenvalue weighted by Crippen LogP contribution is 2.21. The standard InChI is InChI=1S/C11H14ClN3/c1-8-10(12)13-7-14-11(8)15-9-5-3-2-4-6-9/h2-3,7,9H,4-6H2,1H3,(H,13,14,15). The molecule has 4 heteroatoms. The van der Waals surface area contributed by atoms with Crippen molar-refractivity contribution < 1.29 is 0 Å². The second-order valence-corrected chi connectivity index (χ2v) is 4.12. The van der Waals surface area contributed by atoms with Gasteiger partial charge < -0.3 is 5.32 Å². The Labute approximate surface area is 94.6 Å². The van der Waals surface area contributed by atoms with Crippen molar-refractivity contribution in [1.82, 2.24) is 9.97 Å². The summed E-state index contributed by atoms with van der Waals surface area (Å²) >= 11 is 5.93. The average molecular weight is 224 g/mol. The molecule has 0 saturated carbocycles. The molecule has 0 saturated heterocycles. The van der Waals surface area contributed by atoms with Crippen LogP contribution < -0.4 is 5.32 Å². The first-order valence-electron chi connectivity index (χ1n) is 5.16. The number of nitrogens with one attached hydrogen (secondary N) is 1. The predicted molar refractivity (Wildman–Crippen MR) is 62.2 cm³/mol. The van der Waals surface area contributed by atoms with E-state index in [9.17, 15) is 0 Å². The maximum absolute atomic E-state index is 5.93. The summed E-state index contributed by atoms with van der Waals surface area (Å²) in [5.74, 6) is 0.857. The lowest BCUT2D eigenvalue weighted by Crippen LogP contribution is -2.21. The van der Waals surface area contributed by atoms with Gasteiger partial charge in [-0.3, -0.25) is 0 Å². The van der Waals surface area contributed by atoms with Gasteiger partial charge in [-0.25, -0.2) is 9.97 Å². The Morgan fingerprint density at radius 1 is 1.40 bits per heavy atom. The zero-order chi connectivity index (χ0) is 10.7. The molecule has 1 aromatic rings. The number of anilines is 1. The first-order valence-corrected chi connectivity index (χ1v) is 5.54. The number of nitrogens with zero attached hydrogens (tertiary/aromatic N) is 2. The molecule has 0 fully saturated rings. The number of hydrogen-bond acceptors (Lipinski definition) is 3. The van der Waals surface area contributed by atoms with Crippen molar-refractivity contribution in [1.29, 1.82) is 0 Å². The minimum atomic E-state index is 0.472. The van der Waals surface area contributed by atoms with Crippen molar-refractivity contribution in [2.24, 2.45) is 0 Å². The van der Waals surface area contributed by atoms with Crippen molar-refractivity contribution in [2.45, 2.75) is 32.2 Å². The smallest absolute Gasteiger partial charge is 0.137 e. The van der Waals surface area contributed by atoms with Crippen LogP contribution in [-0.4, -0.2) is 16.0 Å². The Hall–Kier alpha value is -1.09. The minimum absolute atomic E-state index is 0.472. The highest BCUT2D eigenvalue weighted by Gasteiger charge is 2.12. The van der Waals surface area contributed by atoms with Crippen LogP contribution in [0.25, 0.3) is 0 Å². The minimum Gasteiger partial charge on any atom is -0.367 e. The third kappa shape index (κ3) is 2.48. The van der Waals surface area contributed by atoms with Crippen LogP contribution in [-0.2, 0) is 0 Å². The molecule has 1 aliphatic carbocycles. The number of hydrogen-bond donors (Lipinski definition) is 1. The summed E-state index contributed by atoms with van der Waals surface area (Å²) in [6.45, 7) is 1.93. The first-order chi connectivity index (χ1) is 7.27. The van der Waals surface area contributed by atoms with Gasteiger partial charge in [0, 0.05) is 11.6 Å². The van der Waals surface area contributed by atoms with E-state index in [4.69, 9.17) is 11.6 Å². The number of rotatable bonds is 2. The van der Waals surface area contributed by atoms with Gasteiger partial charge in [-0.15, -0.1) is 0 Å². The molecule has 0 amide bonds. The number of aromatic nitrogens is 2. The summed E-state index contributed by atoms with van der Waals surface area (Å²) < 4.78 is 0. The summed E-state index contributed by atoms with van der Waals surface area (Å²) in [6, 6.07) is 0.472. The average Bonchev–Trinajstić information content (AvgIpc) is 2.26. The molecule has 1 unspecified atom stereocenters. The van der Waals surface area contributed by atoms with Gasteiger partial charge in [0.25, 0.3) is 0 Å². The van der Waals surface area contributed by atoms with Gasteiger partial charge in [-0.05, 0) is 26.2 Å². The maximum atomic E-state index is 5.93. The van der Waals surface area contributed by atoms with E-state index in [1.165, 1.54) is 6.33 Å². The Balaban J connectivity index is 2.10. The highest BCUT2D eigenvalue weighted by molar-refractivity contribution is 6.30. The van der Waals surface area contributed by atoms with Crippen LogP contribution in [0.3, 0.4) is 0 Å². The van der Waals surface area contributed by atoms with Crippen molar-refractivity contribution in [3.8, 4) is 0 Å². The zero-order valence-corrected chi connectivity index (χ0v) is 9.46. The molecule has 0 aliphatic heterocycles. The van der Waals surface area contributed by atoms with Crippen molar-refractivity contribution in [2.75, 3.05) is 5.32 Å². The van der Waals surface area contributed by atoms with Gasteiger partial charge in [-0.2, -0.15) is 0 Å². The Bertz CT molecular complexity index is 376. The Kier molecular flexibility index (Phi) is 3.21. The monoisotopic (exact) mass is 223 g/mol. The van der Waals surface area contributed by atoms with Crippen molar-refractivity contribution in [3.05, 3.63) is 29.2 Å². The lowest BCUT2D eigenvalue weighted by atomic mass is 10.0. The van der Waals surface area contributed by atoms with Crippen molar-refractivity contribution >= 4 is 17.4 Å². The Morgan fingerprint density at radius 2 is 2.27 bits per heavy atom.